The Morgan fingerprint density at radius 3 is 2.69 bits per heavy atom. The van der Waals surface area contributed by atoms with Crippen molar-refractivity contribution >= 4 is 39.1 Å². The fourth-order valence-electron chi connectivity index (χ4n) is 1.09. The molecule has 1 unspecified atom stereocenters. The summed E-state index contributed by atoms with van der Waals surface area (Å²) in [5.41, 5.74) is 1.13. The first-order valence-electron chi connectivity index (χ1n) is 4.17. The predicted octanol–water partition coefficient (Wildman–Crippen LogP) is 4.71. The summed E-state index contributed by atoms with van der Waals surface area (Å²) in [6.45, 7) is 2.12. The first kappa shape index (κ1) is 11.4. The van der Waals surface area contributed by atoms with Gasteiger partial charge in [0, 0.05) is 14.9 Å². The van der Waals surface area contributed by atoms with Crippen molar-refractivity contribution < 1.29 is 0 Å². The molecule has 0 fully saturated rings. The van der Waals surface area contributed by atoms with E-state index in [-0.39, 0.29) is 0 Å². The second-order valence-corrected chi connectivity index (χ2v) is 5.46. The maximum atomic E-state index is 6.01. The average Bonchev–Trinajstić information content (AvgIpc) is 2.06. The summed E-state index contributed by atoms with van der Waals surface area (Å²) in [5.74, 6) is 0. The van der Waals surface area contributed by atoms with E-state index in [1.165, 1.54) is 0 Å². The minimum atomic E-state index is 0.516. The van der Waals surface area contributed by atoms with Gasteiger partial charge in [0.1, 0.15) is 0 Å². The summed E-state index contributed by atoms with van der Waals surface area (Å²) >= 11 is 15.4. The number of alkyl halides is 1. The van der Waals surface area contributed by atoms with Crippen molar-refractivity contribution in [3.8, 4) is 0 Å². The monoisotopic (exact) mass is 280 g/mol. The Morgan fingerprint density at radius 2 is 2.08 bits per heavy atom. The Kier molecular flexibility index (Phi) is 4.57. The minimum absolute atomic E-state index is 0.516. The lowest BCUT2D eigenvalue weighted by Crippen LogP contribution is -1.94. The lowest BCUT2D eigenvalue weighted by Gasteiger charge is -2.05. The molecule has 0 bridgehead atoms. The van der Waals surface area contributed by atoms with E-state index in [0.29, 0.717) is 4.83 Å². The van der Waals surface area contributed by atoms with Gasteiger partial charge in [-0.05, 0) is 36.6 Å². The Morgan fingerprint density at radius 1 is 1.38 bits per heavy atom. The molecule has 0 saturated carbocycles. The quantitative estimate of drug-likeness (QED) is 0.704. The van der Waals surface area contributed by atoms with E-state index in [1.54, 1.807) is 0 Å². The van der Waals surface area contributed by atoms with Gasteiger partial charge >= 0.3 is 0 Å². The van der Waals surface area contributed by atoms with Crippen LogP contribution in [0.25, 0.3) is 0 Å². The smallest absolute Gasteiger partial charge is 0.0439 e. The molecule has 3 heteroatoms. The highest BCUT2D eigenvalue weighted by Gasteiger charge is 2.03. The van der Waals surface area contributed by atoms with Crippen molar-refractivity contribution in [2.45, 2.75) is 24.6 Å². The molecule has 1 aromatic rings. The molecule has 0 aliphatic heterocycles. The Labute approximate surface area is 97.4 Å². The normalized spacial score (nSPS) is 12.9. The number of hydrogen-bond donors (Lipinski definition) is 0. The van der Waals surface area contributed by atoms with Crippen molar-refractivity contribution in [2.24, 2.45) is 0 Å². The summed E-state index contributed by atoms with van der Waals surface area (Å²) in [4.78, 5) is 0.516. The van der Waals surface area contributed by atoms with E-state index in [1.807, 2.05) is 18.2 Å². The third-order valence-electron chi connectivity index (χ3n) is 1.82. The van der Waals surface area contributed by atoms with E-state index in [9.17, 15) is 0 Å². The molecule has 0 heterocycles. The summed E-state index contributed by atoms with van der Waals surface area (Å²) in [6.07, 6.45) is 2.03. The molecule has 0 N–H and O–H groups in total. The molecule has 13 heavy (non-hydrogen) atoms. The third kappa shape index (κ3) is 3.88. The van der Waals surface area contributed by atoms with Crippen molar-refractivity contribution in [2.75, 3.05) is 0 Å². The summed E-state index contributed by atoms with van der Waals surface area (Å²) in [6, 6.07) is 5.59. The van der Waals surface area contributed by atoms with E-state index < -0.39 is 0 Å². The molecule has 0 aliphatic carbocycles. The second kappa shape index (κ2) is 5.23. The first-order valence-corrected chi connectivity index (χ1v) is 5.84. The van der Waals surface area contributed by atoms with Crippen LogP contribution in [-0.2, 0) is 6.42 Å². The standard InChI is InChI=1S/C10H11BrCl2/c1-7(11)2-3-8-6-9(12)4-5-10(8)13/h4-7H,2-3H2,1H3. The molecular weight excluding hydrogens is 271 g/mol. The molecule has 1 atom stereocenters. The van der Waals surface area contributed by atoms with Crippen LogP contribution in [0.1, 0.15) is 18.9 Å². The van der Waals surface area contributed by atoms with Crippen molar-refractivity contribution in [3.63, 3.8) is 0 Å². The highest BCUT2D eigenvalue weighted by molar-refractivity contribution is 9.09. The van der Waals surface area contributed by atoms with E-state index in [4.69, 9.17) is 23.2 Å². The van der Waals surface area contributed by atoms with Crippen molar-refractivity contribution in [1.29, 1.82) is 0 Å². The van der Waals surface area contributed by atoms with Crippen LogP contribution < -0.4 is 0 Å². The molecule has 1 rings (SSSR count). The molecule has 0 amide bonds. The van der Waals surface area contributed by atoms with Gasteiger partial charge in [-0.3, -0.25) is 0 Å². The van der Waals surface area contributed by atoms with Gasteiger partial charge in [0.05, 0.1) is 0 Å². The molecular formula is C10H11BrCl2. The van der Waals surface area contributed by atoms with Crippen LogP contribution in [0, 0.1) is 0 Å². The number of rotatable bonds is 3. The van der Waals surface area contributed by atoms with Crippen LogP contribution in [0.4, 0.5) is 0 Å². The van der Waals surface area contributed by atoms with Crippen LogP contribution in [0.3, 0.4) is 0 Å². The summed E-state index contributed by atoms with van der Waals surface area (Å²) in [5, 5.41) is 1.55. The Balaban J connectivity index is 2.70. The van der Waals surface area contributed by atoms with Gasteiger partial charge in [-0.25, -0.2) is 0 Å². The fourth-order valence-corrected chi connectivity index (χ4v) is 1.72. The molecule has 0 aromatic heterocycles. The number of halogens is 3. The zero-order valence-corrected chi connectivity index (χ0v) is 10.5. The molecule has 0 radical (unpaired) electrons. The Hall–Kier alpha value is 0.280. The average molecular weight is 282 g/mol. The van der Waals surface area contributed by atoms with Gasteiger partial charge in [-0.15, -0.1) is 0 Å². The van der Waals surface area contributed by atoms with Crippen molar-refractivity contribution in [3.05, 3.63) is 33.8 Å². The van der Waals surface area contributed by atoms with Gasteiger partial charge in [-0.1, -0.05) is 46.1 Å². The number of hydrogen-bond acceptors (Lipinski definition) is 0. The molecule has 0 nitrogen and oxygen atoms in total. The molecule has 0 spiro atoms. The molecule has 72 valence electrons. The molecule has 1 aromatic carbocycles. The van der Waals surface area contributed by atoms with Crippen LogP contribution >= 0.6 is 39.1 Å². The van der Waals surface area contributed by atoms with Crippen LogP contribution in [0.2, 0.25) is 10.0 Å². The molecule has 0 aliphatic rings. The third-order valence-corrected chi connectivity index (χ3v) is 2.88. The van der Waals surface area contributed by atoms with E-state index in [0.717, 1.165) is 28.5 Å². The SMILES string of the molecule is CC(Br)CCc1cc(Cl)ccc1Cl. The van der Waals surface area contributed by atoms with E-state index in [2.05, 4.69) is 22.9 Å². The predicted molar refractivity (Wildman–Crippen MR) is 63.2 cm³/mol. The highest BCUT2D eigenvalue weighted by atomic mass is 79.9. The van der Waals surface area contributed by atoms with Crippen LogP contribution in [-0.4, -0.2) is 4.83 Å². The largest absolute Gasteiger partial charge is 0.0894 e. The van der Waals surface area contributed by atoms with Gasteiger partial charge in [0.25, 0.3) is 0 Å². The number of aryl methyl sites for hydroxylation is 1. The first-order chi connectivity index (χ1) is 6.09. The van der Waals surface area contributed by atoms with Crippen molar-refractivity contribution in [1.82, 2.24) is 0 Å². The highest BCUT2D eigenvalue weighted by Crippen LogP contribution is 2.22. The van der Waals surface area contributed by atoms with Gasteiger partial charge in [-0.2, -0.15) is 0 Å². The van der Waals surface area contributed by atoms with Gasteiger partial charge in [0.15, 0.2) is 0 Å². The summed E-state index contributed by atoms with van der Waals surface area (Å²) < 4.78 is 0. The zero-order chi connectivity index (χ0) is 9.84. The minimum Gasteiger partial charge on any atom is -0.0894 e. The second-order valence-electron chi connectivity index (χ2n) is 3.06. The van der Waals surface area contributed by atoms with Crippen LogP contribution in [0.15, 0.2) is 18.2 Å². The van der Waals surface area contributed by atoms with Gasteiger partial charge < -0.3 is 0 Å². The fraction of sp³-hybridized carbons (Fsp3) is 0.400. The topological polar surface area (TPSA) is 0 Å². The zero-order valence-electron chi connectivity index (χ0n) is 7.36. The molecule has 0 saturated heterocycles. The Bertz CT molecular complexity index is 284. The maximum absolute atomic E-state index is 6.01. The van der Waals surface area contributed by atoms with E-state index >= 15 is 0 Å². The van der Waals surface area contributed by atoms with Crippen LogP contribution in [0.5, 0.6) is 0 Å². The summed E-state index contributed by atoms with van der Waals surface area (Å²) in [7, 11) is 0. The van der Waals surface area contributed by atoms with Gasteiger partial charge in [0.2, 0.25) is 0 Å². The lowest BCUT2D eigenvalue weighted by molar-refractivity contribution is 0.822. The lowest BCUT2D eigenvalue weighted by atomic mass is 10.1. The number of benzene rings is 1. The maximum Gasteiger partial charge on any atom is 0.0439 e.